The molecule has 2 aromatic rings. The zero-order valence-electron chi connectivity index (χ0n) is 17.1. The molecule has 29 heavy (non-hydrogen) atoms. The van der Waals surface area contributed by atoms with Gasteiger partial charge in [-0.25, -0.2) is 9.59 Å². The van der Waals surface area contributed by atoms with Crippen LogP contribution in [0.2, 0.25) is 0 Å². The summed E-state index contributed by atoms with van der Waals surface area (Å²) in [6.07, 6.45) is 0.758. The first-order chi connectivity index (χ1) is 13.7. The lowest BCUT2D eigenvalue weighted by atomic mass is 9.93. The average Bonchev–Trinajstić information content (AvgIpc) is 2.64. The predicted octanol–water partition coefficient (Wildman–Crippen LogP) is 4.65. The molecular weight excluding hydrogens is 370 g/mol. The maximum absolute atomic E-state index is 12.6. The lowest BCUT2D eigenvalue weighted by Crippen LogP contribution is -2.41. The normalized spacial score (nSPS) is 14.1. The van der Waals surface area contributed by atoms with Crippen LogP contribution in [0.3, 0.4) is 0 Å². The third-order valence-electron chi connectivity index (χ3n) is 4.45. The van der Waals surface area contributed by atoms with E-state index in [1.54, 1.807) is 23.1 Å². The summed E-state index contributed by atoms with van der Waals surface area (Å²) >= 11 is 0. The highest BCUT2D eigenvalue weighted by atomic mass is 16.6. The number of hydrogen-bond acceptors (Lipinski definition) is 4. The van der Waals surface area contributed by atoms with Gasteiger partial charge in [0.1, 0.15) is 18.0 Å². The fraction of sp³-hybridized carbons (Fsp3) is 0.304. The first-order valence-electron chi connectivity index (χ1n) is 9.44. The molecule has 152 valence electrons. The smallest absolute Gasteiger partial charge is 0.415 e. The molecule has 0 atom stereocenters. The number of amides is 1. The third-order valence-corrected chi connectivity index (χ3v) is 4.45. The van der Waals surface area contributed by atoms with Crippen LogP contribution in [0.25, 0.3) is 5.57 Å². The number of carbonyl (C=O) groups is 2. The summed E-state index contributed by atoms with van der Waals surface area (Å²) in [4.78, 5) is 25.6. The Bertz CT molecular complexity index is 971. The number of ether oxygens (including phenoxy) is 2. The number of nitrogens with zero attached hydrogens (tertiary/aromatic N) is 1. The highest BCUT2D eigenvalue weighted by Crippen LogP contribution is 2.37. The molecule has 6 heteroatoms. The van der Waals surface area contributed by atoms with E-state index in [1.165, 1.54) is 6.08 Å². The summed E-state index contributed by atoms with van der Waals surface area (Å²) in [7, 11) is 0. The molecule has 0 unspecified atom stereocenters. The van der Waals surface area contributed by atoms with Gasteiger partial charge in [-0.05, 0) is 62.1 Å². The van der Waals surface area contributed by atoms with Gasteiger partial charge >= 0.3 is 12.1 Å². The Kier molecular flexibility index (Phi) is 5.64. The molecular formula is C23H25NO5. The molecule has 0 saturated heterocycles. The maximum atomic E-state index is 12.6. The Morgan fingerprint density at radius 2 is 1.90 bits per heavy atom. The minimum atomic E-state index is -1.03. The molecule has 2 aromatic carbocycles. The van der Waals surface area contributed by atoms with E-state index in [0.29, 0.717) is 35.7 Å². The number of rotatable bonds is 3. The number of aliphatic carboxylic acids is 1. The van der Waals surface area contributed by atoms with Gasteiger partial charge in [0.05, 0.1) is 12.2 Å². The molecule has 6 nitrogen and oxygen atoms in total. The number of carboxylic acids is 1. The fourth-order valence-corrected chi connectivity index (χ4v) is 3.21. The van der Waals surface area contributed by atoms with Crippen molar-refractivity contribution < 1.29 is 24.2 Å². The van der Waals surface area contributed by atoms with Crippen molar-refractivity contribution >= 4 is 23.3 Å². The molecule has 1 heterocycles. The molecule has 0 saturated carbocycles. The van der Waals surface area contributed by atoms with Crippen LogP contribution in [0.1, 0.15) is 37.5 Å². The average molecular weight is 395 g/mol. The SMILES string of the molecule is Cc1ccccc1C(=CC(=O)O)c1ccc2c(c1)OCCN2C(=O)OC(C)(C)C. The Balaban J connectivity index is 2.02. The van der Waals surface area contributed by atoms with Gasteiger partial charge in [-0.15, -0.1) is 0 Å². The van der Waals surface area contributed by atoms with Gasteiger partial charge in [-0.1, -0.05) is 30.3 Å². The summed E-state index contributed by atoms with van der Waals surface area (Å²) in [5.41, 5.74) is 3.08. The fourth-order valence-electron chi connectivity index (χ4n) is 3.21. The Labute approximate surface area is 170 Å². The van der Waals surface area contributed by atoms with E-state index < -0.39 is 17.7 Å². The van der Waals surface area contributed by atoms with E-state index in [-0.39, 0.29) is 0 Å². The van der Waals surface area contributed by atoms with Crippen LogP contribution >= 0.6 is 0 Å². The summed E-state index contributed by atoms with van der Waals surface area (Å²) < 4.78 is 11.3. The minimum absolute atomic E-state index is 0.331. The van der Waals surface area contributed by atoms with Crippen LogP contribution in [0.4, 0.5) is 10.5 Å². The van der Waals surface area contributed by atoms with Crippen molar-refractivity contribution in [2.24, 2.45) is 0 Å². The van der Waals surface area contributed by atoms with Crippen molar-refractivity contribution in [3.63, 3.8) is 0 Å². The monoisotopic (exact) mass is 395 g/mol. The lowest BCUT2D eigenvalue weighted by Gasteiger charge is -2.32. The van der Waals surface area contributed by atoms with Crippen LogP contribution in [0.5, 0.6) is 5.75 Å². The number of aryl methyl sites for hydroxylation is 1. The van der Waals surface area contributed by atoms with E-state index in [4.69, 9.17) is 9.47 Å². The Morgan fingerprint density at radius 3 is 2.55 bits per heavy atom. The third kappa shape index (κ3) is 4.77. The molecule has 0 aromatic heterocycles. The maximum Gasteiger partial charge on any atom is 0.415 e. The summed E-state index contributed by atoms with van der Waals surface area (Å²) in [6.45, 7) is 8.11. The number of anilines is 1. The zero-order valence-corrected chi connectivity index (χ0v) is 17.1. The van der Waals surface area contributed by atoms with Crippen molar-refractivity contribution in [3.8, 4) is 5.75 Å². The number of hydrogen-bond donors (Lipinski definition) is 1. The van der Waals surface area contributed by atoms with Gasteiger partial charge in [-0.2, -0.15) is 0 Å². The first kappa shape index (κ1) is 20.5. The second kappa shape index (κ2) is 7.99. The Morgan fingerprint density at radius 1 is 1.17 bits per heavy atom. The highest BCUT2D eigenvalue weighted by molar-refractivity contribution is 5.97. The van der Waals surface area contributed by atoms with Crippen LogP contribution in [-0.4, -0.2) is 35.9 Å². The predicted molar refractivity (Wildman–Crippen MR) is 111 cm³/mol. The van der Waals surface area contributed by atoms with E-state index in [0.717, 1.165) is 11.1 Å². The number of carboxylic acid groups (broad SMARTS) is 1. The van der Waals surface area contributed by atoms with Gasteiger partial charge in [0, 0.05) is 6.08 Å². The zero-order chi connectivity index (χ0) is 21.2. The second-order valence-corrected chi connectivity index (χ2v) is 7.87. The summed E-state index contributed by atoms with van der Waals surface area (Å²) in [5, 5.41) is 9.38. The van der Waals surface area contributed by atoms with Gasteiger partial charge < -0.3 is 14.6 Å². The topological polar surface area (TPSA) is 76.1 Å². The standard InChI is InChI=1S/C23H25NO5/c1-15-7-5-6-8-17(15)18(14-21(25)26)16-9-10-19-20(13-16)28-12-11-24(19)22(27)29-23(2,3)4/h5-10,13-14H,11-12H2,1-4H3,(H,25,26). The second-order valence-electron chi connectivity index (χ2n) is 7.87. The van der Waals surface area contributed by atoms with Crippen molar-refractivity contribution in [3.05, 3.63) is 65.2 Å². The van der Waals surface area contributed by atoms with Gasteiger partial charge in [0.15, 0.2) is 0 Å². The quantitative estimate of drug-likeness (QED) is 0.766. The number of fused-ring (bicyclic) bond motifs is 1. The minimum Gasteiger partial charge on any atom is -0.490 e. The Hall–Kier alpha value is -3.28. The van der Waals surface area contributed by atoms with Crippen LogP contribution in [0.15, 0.2) is 48.5 Å². The van der Waals surface area contributed by atoms with E-state index >= 15 is 0 Å². The number of benzene rings is 2. The molecule has 0 bridgehead atoms. The molecule has 1 N–H and O–H groups in total. The van der Waals surface area contributed by atoms with Gasteiger partial charge in [0.2, 0.25) is 0 Å². The molecule has 0 spiro atoms. The molecule has 0 aliphatic carbocycles. The van der Waals surface area contributed by atoms with Gasteiger partial charge in [-0.3, -0.25) is 4.90 Å². The van der Waals surface area contributed by atoms with Crippen molar-refractivity contribution in [2.45, 2.75) is 33.3 Å². The molecule has 3 rings (SSSR count). The molecule has 1 aliphatic heterocycles. The summed E-state index contributed by atoms with van der Waals surface area (Å²) in [6, 6.07) is 12.9. The van der Waals surface area contributed by atoms with Crippen LogP contribution < -0.4 is 9.64 Å². The van der Waals surface area contributed by atoms with Crippen LogP contribution in [-0.2, 0) is 9.53 Å². The van der Waals surface area contributed by atoms with Crippen molar-refractivity contribution in [1.82, 2.24) is 0 Å². The largest absolute Gasteiger partial charge is 0.490 e. The van der Waals surface area contributed by atoms with Crippen molar-refractivity contribution in [1.29, 1.82) is 0 Å². The first-order valence-corrected chi connectivity index (χ1v) is 9.44. The highest BCUT2D eigenvalue weighted by Gasteiger charge is 2.28. The van der Waals surface area contributed by atoms with Crippen molar-refractivity contribution in [2.75, 3.05) is 18.1 Å². The van der Waals surface area contributed by atoms with Gasteiger partial charge in [0.25, 0.3) is 0 Å². The molecule has 0 radical (unpaired) electrons. The molecule has 1 amide bonds. The van der Waals surface area contributed by atoms with E-state index in [9.17, 15) is 14.7 Å². The lowest BCUT2D eigenvalue weighted by molar-refractivity contribution is -0.131. The van der Waals surface area contributed by atoms with E-state index in [2.05, 4.69) is 0 Å². The summed E-state index contributed by atoms with van der Waals surface area (Å²) in [5.74, 6) is -0.512. The number of carbonyl (C=O) groups excluding carboxylic acids is 1. The van der Waals surface area contributed by atoms with E-state index in [1.807, 2.05) is 52.0 Å². The molecule has 1 aliphatic rings. The van der Waals surface area contributed by atoms with Crippen LogP contribution in [0, 0.1) is 6.92 Å². The molecule has 0 fully saturated rings.